The molecule has 0 unspecified atom stereocenters. The minimum absolute atomic E-state index is 0.0243. The maximum Gasteiger partial charge on any atom is 0.407 e. The predicted molar refractivity (Wildman–Crippen MR) is 89.4 cm³/mol. The molecule has 0 spiro atoms. The predicted octanol–water partition coefficient (Wildman–Crippen LogP) is 2.46. The van der Waals surface area contributed by atoms with Crippen LogP contribution in [0.2, 0.25) is 0 Å². The Morgan fingerprint density at radius 1 is 0.792 bits per heavy atom. The Labute approximate surface area is 143 Å². The highest BCUT2D eigenvalue weighted by atomic mass is 31.1. The van der Waals surface area contributed by atoms with Crippen molar-refractivity contribution in [1.29, 1.82) is 0 Å². The number of carbonyl (C=O) groups excluding carboxylic acids is 2. The van der Waals surface area contributed by atoms with Crippen LogP contribution in [0.25, 0.3) is 0 Å². The highest BCUT2D eigenvalue weighted by Crippen LogP contribution is 2.22. The summed E-state index contributed by atoms with van der Waals surface area (Å²) in [6, 6.07) is 0. The fraction of sp³-hybridized carbons (Fsp3) is 0.857. The summed E-state index contributed by atoms with van der Waals surface area (Å²) in [4.78, 5) is 22.7. The average molecular weight is 368 g/mol. The second kappa shape index (κ2) is 10.5. The highest BCUT2D eigenvalue weighted by molar-refractivity contribution is 7.33. The Bertz CT molecular complexity index is 392. The molecule has 0 fully saturated rings. The van der Waals surface area contributed by atoms with Gasteiger partial charge in [-0.3, -0.25) is 4.57 Å². The minimum Gasteiger partial charge on any atom is -0.444 e. The van der Waals surface area contributed by atoms with Crippen molar-refractivity contribution >= 4 is 20.4 Å². The Morgan fingerprint density at radius 2 is 1.12 bits per heavy atom. The van der Waals surface area contributed by atoms with Crippen molar-refractivity contribution in [2.45, 2.75) is 52.7 Å². The number of nitrogens with one attached hydrogen (secondary N) is 2. The third kappa shape index (κ3) is 15.6. The van der Waals surface area contributed by atoms with E-state index in [1.807, 2.05) is 0 Å². The first-order valence-electron chi connectivity index (χ1n) is 7.62. The van der Waals surface area contributed by atoms with Gasteiger partial charge in [-0.2, -0.15) is 0 Å². The van der Waals surface area contributed by atoms with Gasteiger partial charge >= 0.3 is 20.4 Å². The minimum atomic E-state index is -2.69. The Kier molecular flexibility index (Phi) is 9.96. The third-order valence-corrected chi connectivity index (χ3v) is 2.86. The van der Waals surface area contributed by atoms with Crippen LogP contribution in [0, 0.1) is 0 Å². The van der Waals surface area contributed by atoms with Crippen molar-refractivity contribution in [2.24, 2.45) is 0 Å². The van der Waals surface area contributed by atoms with E-state index in [-0.39, 0.29) is 26.3 Å². The molecule has 2 amide bonds. The first kappa shape index (κ1) is 22.7. The van der Waals surface area contributed by atoms with Crippen molar-refractivity contribution in [3.63, 3.8) is 0 Å². The number of carbonyl (C=O) groups is 2. The zero-order chi connectivity index (χ0) is 18.8. The summed E-state index contributed by atoms with van der Waals surface area (Å²) in [5.74, 6) is 0. The van der Waals surface area contributed by atoms with Crippen molar-refractivity contribution in [1.82, 2.24) is 10.6 Å². The van der Waals surface area contributed by atoms with Crippen molar-refractivity contribution < 1.29 is 32.7 Å². The van der Waals surface area contributed by atoms with Gasteiger partial charge in [0, 0.05) is 13.1 Å². The summed E-state index contributed by atoms with van der Waals surface area (Å²) in [5, 5.41) is 4.92. The van der Waals surface area contributed by atoms with Crippen LogP contribution in [0.5, 0.6) is 0 Å². The summed E-state index contributed by atoms with van der Waals surface area (Å²) >= 11 is 0. The average Bonchev–Trinajstić information content (AvgIpc) is 2.35. The summed E-state index contributed by atoms with van der Waals surface area (Å²) < 4.78 is 31.3. The number of hydrogen-bond donors (Lipinski definition) is 2. The molecule has 0 rings (SSSR count). The van der Waals surface area contributed by atoms with E-state index in [1.165, 1.54) is 0 Å². The van der Waals surface area contributed by atoms with Gasteiger partial charge in [-0.25, -0.2) is 9.59 Å². The lowest BCUT2D eigenvalue weighted by Crippen LogP contribution is -2.34. The van der Waals surface area contributed by atoms with Gasteiger partial charge in [0.25, 0.3) is 0 Å². The van der Waals surface area contributed by atoms with E-state index in [4.69, 9.17) is 18.5 Å². The molecule has 0 saturated carbocycles. The van der Waals surface area contributed by atoms with E-state index in [0.717, 1.165) is 0 Å². The molecule has 0 radical (unpaired) electrons. The molecule has 0 bridgehead atoms. The molecule has 0 aliphatic rings. The second-order valence-corrected chi connectivity index (χ2v) is 7.88. The number of rotatable bonds is 8. The smallest absolute Gasteiger partial charge is 0.407 e. The van der Waals surface area contributed by atoms with Gasteiger partial charge in [0.2, 0.25) is 0 Å². The molecule has 0 aliphatic carbocycles. The fourth-order valence-corrected chi connectivity index (χ4v) is 1.87. The first-order valence-corrected chi connectivity index (χ1v) is 8.85. The van der Waals surface area contributed by atoms with E-state index in [0.29, 0.717) is 0 Å². The van der Waals surface area contributed by atoms with Crippen molar-refractivity contribution in [3.8, 4) is 0 Å². The number of ether oxygens (including phenoxy) is 2. The molecule has 0 aromatic carbocycles. The Morgan fingerprint density at radius 3 is 1.42 bits per heavy atom. The molecular weight excluding hydrogens is 339 g/mol. The molecule has 0 atom stereocenters. The SMILES string of the molecule is CC(C)(C)OC(=O)NCCO[PH](=O)OCCNC(=O)OC(C)(C)C. The Balaban J connectivity index is 3.64. The molecule has 2 N–H and O–H groups in total. The van der Waals surface area contributed by atoms with Crippen LogP contribution in [0.15, 0.2) is 0 Å². The van der Waals surface area contributed by atoms with E-state index < -0.39 is 31.6 Å². The summed E-state index contributed by atoms with van der Waals surface area (Å²) in [7, 11) is -2.69. The van der Waals surface area contributed by atoms with Crippen LogP contribution in [-0.4, -0.2) is 49.7 Å². The lowest BCUT2D eigenvalue weighted by Gasteiger charge is -2.19. The first-order chi connectivity index (χ1) is 10.9. The second-order valence-electron chi connectivity index (χ2n) is 6.80. The van der Waals surface area contributed by atoms with Gasteiger partial charge in [-0.1, -0.05) is 0 Å². The molecule has 0 aromatic heterocycles. The lowest BCUT2D eigenvalue weighted by atomic mass is 10.2. The highest BCUT2D eigenvalue weighted by Gasteiger charge is 2.16. The fourth-order valence-electron chi connectivity index (χ4n) is 1.24. The largest absolute Gasteiger partial charge is 0.444 e. The monoisotopic (exact) mass is 368 g/mol. The van der Waals surface area contributed by atoms with Gasteiger partial charge in [0.1, 0.15) is 11.2 Å². The van der Waals surface area contributed by atoms with E-state index in [1.54, 1.807) is 41.5 Å². The van der Waals surface area contributed by atoms with E-state index in [2.05, 4.69) is 10.6 Å². The maximum atomic E-state index is 11.4. The van der Waals surface area contributed by atoms with Crippen LogP contribution in [0.3, 0.4) is 0 Å². The summed E-state index contributed by atoms with van der Waals surface area (Å²) in [6.45, 7) is 10.8. The molecule has 0 saturated heterocycles. The molecule has 0 heterocycles. The van der Waals surface area contributed by atoms with Gasteiger partial charge < -0.3 is 29.2 Å². The molecule has 142 valence electrons. The normalized spacial score (nSPS) is 12.0. The molecule has 10 heteroatoms. The van der Waals surface area contributed by atoms with Crippen molar-refractivity contribution in [2.75, 3.05) is 26.3 Å². The summed E-state index contributed by atoms with van der Waals surface area (Å²) in [5.41, 5.74) is -1.16. The van der Waals surface area contributed by atoms with Gasteiger partial charge in [-0.15, -0.1) is 0 Å². The number of alkyl carbamates (subject to hydrolysis) is 2. The molecular formula is C14H29N2O7P. The van der Waals surface area contributed by atoms with Crippen LogP contribution in [0.4, 0.5) is 9.59 Å². The zero-order valence-electron chi connectivity index (χ0n) is 15.2. The summed E-state index contributed by atoms with van der Waals surface area (Å²) in [6.07, 6.45) is -1.15. The van der Waals surface area contributed by atoms with Gasteiger partial charge in [0.15, 0.2) is 0 Å². The molecule has 24 heavy (non-hydrogen) atoms. The molecule has 0 aliphatic heterocycles. The maximum absolute atomic E-state index is 11.4. The lowest BCUT2D eigenvalue weighted by molar-refractivity contribution is 0.0513. The third-order valence-electron chi connectivity index (χ3n) is 1.98. The number of amides is 2. The van der Waals surface area contributed by atoms with Gasteiger partial charge in [0.05, 0.1) is 13.2 Å². The van der Waals surface area contributed by atoms with Crippen LogP contribution >= 0.6 is 8.25 Å². The Hall–Kier alpha value is -1.31. The number of hydrogen-bond acceptors (Lipinski definition) is 7. The van der Waals surface area contributed by atoms with Gasteiger partial charge in [-0.05, 0) is 41.5 Å². The van der Waals surface area contributed by atoms with Crippen LogP contribution in [0.1, 0.15) is 41.5 Å². The molecule has 9 nitrogen and oxygen atoms in total. The van der Waals surface area contributed by atoms with E-state index in [9.17, 15) is 14.2 Å². The zero-order valence-corrected chi connectivity index (χ0v) is 16.2. The van der Waals surface area contributed by atoms with Crippen LogP contribution in [-0.2, 0) is 23.1 Å². The van der Waals surface area contributed by atoms with Crippen LogP contribution < -0.4 is 10.6 Å². The molecule has 0 aromatic rings. The standard InChI is InChI=1S/C14H29N2O7P/c1-13(2,3)22-11(17)15-7-9-20-24(19)21-10-8-16-12(18)23-14(4,5)6/h24H,7-10H2,1-6H3,(H,15,17)(H,16,18). The van der Waals surface area contributed by atoms with Crippen molar-refractivity contribution in [3.05, 3.63) is 0 Å². The topological polar surface area (TPSA) is 112 Å². The van der Waals surface area contributed by atoms with E-state index >= 15 is 0 Å². The quantitative estimate of drug-likeness (QED) is 0.500.